The lowest BCUT2D eigenvalue weighted by Crippen LogP contribution is -2.35. The summed E-state index contributed by atoms with van der Waals surface area (Å²) in [6.07, 6.45) is 3.24. The monoisotopic (exact) mass is 464 g/mol. The number of thiophene rings is 1. The zero-order chi connectivity index (χ0) is 21.3. The van der Waals surface area contributed by atoms with Gasteiger partial charge in [-0.25, -0.2) is 8.42 Å². The van der Waals surface area contributed by atoms with Crippen LogP contribution < -0.4 is 9.46 Å². The van der Waals surface area contributed by atoms with Crippen LogP contribution in [-0.4, -0.2) is 39.4 Å². The largest absolute Gasteiger partial charge is 0.495 e. The van der Waals surface area contributed by atoms with E-state index in [1.807, 2.05) is 17.0 Å². The number of carbonyl (C=O) groups is 1. The van der Waals surface area contributed by atoms with Gasteiger partial charge in [-0.15, -0.1) is 11.3 Å². The van der Waals surface area contributed by atoms with Gasteiger partial charge in [0.1, 0.15) is 10.6 Å². The highest BCUT2D eigenvalue weighted by Gasteiger charge is 2.22. The molecule has 2 heterocycles. The number of methoxy groups -OCH3 is 1. The average Bonchev–Trinajstić information content (AvgIpc) is 3.17. The molecule has 158 valence electrons. The third-order valence-electron chi connectivity index (χ3n) is 5.04. The number of halogens is 1. The number of fused-ring (bicyclic) bond motifs is 1. The third kappa shape index (κ3) is 4.26. The molecule has 0 unspecified atom stereocenters. The number of anilines is 1. The van der Waals surface area contributed by atoms with E-state index in [9.17, 15) is 13.2 Å². The molecule has 2 aromatic carbocycles. The lowest BCUT2D eigenvalue weighted by atomic mass is 10.1. The summed E-state index contributed by atoms with van der Waals surface area (Å²) >= 11 is 7.40. The van der Waals surface area contributed by atoms with Gasteiger partial charge in [0.25, 0.3) is 15.9 Å². The molecule has 0 spiro atoms. The maximum absolute atomic E-state index is 12.9. The number of likely N-dealkylation sites (tertiary alicyclic amines) is 1. The molecule has 0 bridgehead atoms. The van der Waals surface area contributed by atoms with Crippen molar-refractivity contribution in [3.63, 3.8) is 0 Å². The van der Waals surface area contributed by atoms with Crippen molar-refractivity contribution in [2.75, 3.05) is 24.9 Å². The predicted octanol–water partition coefficient (Wildman–Crippen LogP) is 4.99. The number of amides is 1. The van der Waals surface area contributed by atoms with Crippen molar-refractivity contribution in [2.24, 2.45) is 0 Å². The lowest BCUT2D eigenvalue weighted by Gasteiger charge is -2.26. The Balaban J connectivity index is 1.61. The molecule has 9 heteroatoms. The number of benzene rings is 2. The number of piperidine rings is 1. The summed E-state index contributed by atoms with van der Waals surface area (Å²) in [5, 5.41) is 1.11. The summed E-state index contributed by atoms with van der Waals surface area (Å²) in [4.78, 5) is 15.3. The summed E-state index contributed by atoms with van der Waals surface area (Å²) in [6.45, 7) is 1.58. The first-order valence-electron chi connectivity index (χ1n) is 9.56. The molecule has 1 aliphatic rings. The highest BCUT2D eigenvalue weighted by Crippen LogP contribution is 2.32. The van der Waals surface area contributed by atoms with E-state index in [0.717, 1.165) is 42.4 Å². The molecular weight excluding hydrogens is 444 g/mol. The van der Waals surface area contributed by atoms with Gasteiger partial charge >= 0.3 is 0 Å². The van der Waals surface area contributed by atoms with E-state index in [2.05, 4.69) is 4.72 Å². The Hall–Kier alpha value is -2.29. The van der Waals surface area contributed by atoms with E-state index in [1.165, 1.54) is 30.6 Å². The average molecular weight is 465 g/mol. The number of nitrogens with zero attached hydrogens (tertiary/aromatic N) is 1. The van der Waals surface area contributed by atoms with Gasteiger partial charge in [0.15, 0.2) is 0 Å². The number of ether oxygens (including phenoxy) is 1. The van der Waals surface area contributed by atoms with Crippen LogP contribution in [0, 0.1) is 0 Å². The number of rotatable bonds is 5. The second kappa shape index (κ2) is 8.45. The molecule has 3 aromatic rings. The fraction of sp³-hybridized carbons (Fsp3) is 0.286. The quantitative estimate of drug-likeness (QED) is 0.577. The zero-order valence-corrected chi connectivity index (χ0v) is 18.7. The molecule has 1 saturated heterocycles. The van der Waals surface area contributed by atoms with Crippen LogP contribution in [0.15, 0.2) is 47.4 Å². The molecule has 6 nitrogen and oxygen atoms in total. The SMILES string of the molecule is COc1ccc(Cl)cc1S(=O)(=O)Nc1ccc2sc(C(=O)N3CCCCC3)cc2c1. The molecule has 1 N–H and O–H groups in total. The van der Waals surface area contributed by atoms with Crippen LogP contribution in [0.4, 0.5) is 5.69 Å². The molecule has 1 fully saturated rings. The lowest BCUT2D eigenvalue weighted by molar-refractivity contribution is 0.0729. The van der Waals surface area contributed by atoms with Crippen LogP contribution >= 0.6 is 22.9 Å². The molecule has 30 heavy (non-hydrogen) atoms. The van der Waals surface area contributed by atoms with Crippen LogP contribution in [0.5, 0.6) is 5.75 Å². The van der Waals surface area contributed by atoms with Crippen molar-refractivity contribution >= 4 is 54.6 Å². The minimum atomic E-state index is -3.91. The van der Waals surface area contributed by atoms with E-state index in [1.54, 1.807) is 18.2 Å². The van der Waals surface area contributed by atoms with Gasteiger partial charge in [-0.2, -0.15) is 0 Å². The predicted molar refractivity (Wildman–Crippen MR) is 120 cm³/mol. The van der Waals surface area contributed by atoms with Gasteiger partial charge in [0, 0.05) is 28.5 Å². The molecule has 0 radical (unpaired) electrons. The summed E-state index contributed by atoms with van der Waals surface area (Å²) in [7, 11) is -2.50. The van der Waals surface area contributed by atoms with Crippen molar-refractivity contribution in [1.29, 1.82) is 0 Å². The van der Waals surface area contributed by atoms with Crippen molar-refractivity contribution in [3.8, 4) is 5.75 Å². The van der Waals surface area contributed by atoms with Gasteiger partial charge in [-0.05, 0) is 67.1 Å². The molecule has 0 aliphatic carbocycles. The van der Waals surface area contributed by atoms with Crippen molar-refractivity contribution < 1.29 is 17.9 Å². The van der Waals surface area contributed by atoms with Gasteiger partial charge in [0.2, 0.25) is 0 Å². The van der Waals surface area contributed by atoms with Gasteiger partial charge in [-0.1, -0.05) is 11.6 Å². The Kier molecular flexibility index (Phi) is 5.90. The molecule has 1 aromatic heterocycles. The Bertz CT molecular complexity index is 1200. The smallest absolute Gasteiger partial charge is 0.265 e. The minimum absolute atomic E-state index is 0.0381. The first-order chi connectivity index (χ1) is 14.4. The Morgan fingerprint density at radius 3 is 2.60 bits per heavy atom. The van der Waals surface area contributed by atoms with Crippen LogP contribution in [0.1, 0.15) is 28.9 Å². The fourth-order valence-electron chi connectivity index (χ4n) is 3.54. The second-order valence-corrected chi connectivity index (χ2v) is 10.3. The number of hydrogen-bond donors (Lipinski definition) is 1. The fourth-order valence-corrected chi connectivity index (χ4v) is 6.03. The molecular formula is C21H21ClN2O4S2. The Morgan fingerprint density at radius 1 is 1.10 bits per heavy atom. The highest BCUT2D eigenvalue weighted by atomic mass is 35.5. The number of sulfonamides is 1. The van der Waals surface area contributed by atoms with E-state index < -0.39 is 10.0 Å². The highest BCUT2D eigenvalue weighted by molar-refractivity contribution is 7.92. The normalized spacial score (nSPS) is 14.7. The third-order valence-corrected chi connectivity index (χ3v) is 7.78. The second-order valence-electron chi connectivity index (χ2n) is 7.12. The zero-order valence-electron chi connectivity index (χ0n) is 16.4. The summed E-state index contributed by atoms with van der Waals surface area (Å²) in [5.41, 5.74) is 0.402. The Morgan fingerprint density at radius 2 is 1.87 bits per heavy atom. The molecule has 1 aliphatic heterocycles. The summed E-state index contributed by atoms with van der Waals surface area (Å²) in [6, 6.07) is 11.5. The number of nitrogens with one attached hydrogen (secondary N) is 1. The first kappa shape index (κ1) is 21.0. The van der Waals surface area contributed by atoms with E-state index in [4.69, 9.17) is 16.3 Å². The van der Waals surface area contributed by atoms with Crippen molar-refractivity contribution in [3.05, 3.63) is 52.4 Å². The van der Waals surface area contributed by atoms with Crippen LogP contribution in [-0.2, 0) is 10.0 Å². The van der Waals surface area contributed by atoms with Crippen LogP contribution in [0.25, 0.3) is 10.1 Å². The van der Waals surface area contributed by atoms with Crippen LogP contribution in [0.3, 0.4) is 0 Å². The number of hydrogen-bond acceptors (Lipinski definition) is 5. The molecule has 0 saturated carbocycles. The van der Waals surface area contributed by atoms with Crippen LogP contribution in [0.2, 0.25) is 5.02 Å². The van der Waals surface area contributed by atoms with Gasteiger partial charge in [0.05, 0.1) is 12.0 Å². The number of carbonyl (C=O) groups excluding carboxylic acids is 1. The van der Waals surface area contributed by atoms with Crippen molar-refractivity contribution in [2.45, 2.75) is 24.2 Å². The molecule has 0 atom stereocenters. The maximum atomic E-state index is 12.9. The maximum Gasteiger partial charge on any atom is 0.265 e. The van der Waals surface area contributed by atoms with Crippen molar-refractivity contribution in [1.82, 2.24) is 4.90 Å². The van der Waals surface area contributed by atoms with Gasteiger partial charge < -0.3 is 9.64 Å². The first-order valence-corrected chi connectivity index (χ1v) is 12.2. The van der Waals surface area contributed by atoms with Gasteiger partial charge in [-0.3, -0.25) is 9.52 Å². The summed E-state index contributed by atoms with van der Waals surface area (Å²) < 4.78 is 34.4. The molecule has 1 amide bonds. The van der Waals surface area contributed by atoms with E-state index in [-0.39, 0.29) is 16.6 Å². The Labute approximate surface area is 184 Å². The standard InChI is InChI=1S/C21H21ClN2O4S2/c1-28-17-7-5-15(22)13-20(17)30(26,27)23-16-6-8-18-14(11-16)12-19(29-18)21(25)24-9-3-2-4-10-24/h5-8,11-13,23H,2-4,9-10H2,1H3. The topological polar surface area (TPSA) is 75.7 Å². The minimum Gasteiger partial charge on any atom is -0.495 e. The summed E-state index contributed by atoms with van der Waals surface area (Å²) in [5.74, 6) is 0.250. The molecule has 4 rings (SSSR count). The van der Waals surface area contributed by atoms with E-state index >= 15 is 0 Å². The van der Waals surface area contributed by atoms with E-state index in [0.29, 0.717) is 15.6 Å².